The van der Waals surface area contributed by atoms with Crippen LogP contribution in [-0.2, 0) is 0 Å². The molecule has 0 saturated heterocycles. The predicted octanol–water partition coefficient (Wildman–Crippen LogP) is 6.59. The average molecular weight is 378 g/mol. The molecular formula is C22H13ClFNS. The van der Waals surface area contributed by atoms with Crippen molar-refractivity contribution in [2.75, 3.05) is 0 Å². The summed E-state index contributed by atoms with van der Waals surface area (Å²) in [6.07, 6.45) is 0. The van der Waals surface area contributed by atoms with Crippen LogP contribution in [0.2, 0.25) is 5.02 Å². The molecule has 4 heteroatoms. The Hall–Kier alpha value is -2.76. The van der Waals surface area contributed by atoms with Crippen LogP contribution in [0.25, 0.3) is 11.1 Å². The molecule has 0 aromatic heterocycles. The minimum Gasteiger partial charge on any atom is -0.204 e. The largest absolute Gasteiger partial charge is 0.204 e. The predicted molar refractivity (Wildman–Crippen MR) is 109 cm³/mol. The van der Waals surface area contributed by atoms with E-state index in [9.17, 15) is 4.39 Å². The van der Waals surface area contributed by atoms with Crippen LogP contribution in [0.4, 0.5) is 10.1 Å². The number of isothiocyanates is 1. The summed E-state index contributed by atoms with van der Waals surface area (Å²) in [6.45, 7) is 2.06. The first-order valence-electron chi connectivity index (χ1n) is 7.83. The Morgan fingerprint density at radius 3 is 2.04 bits per heavy atom. The molecule has 0 aliphatic rings. The van der Waals surface area contributed by atoms with Gasteiger partial charge in [-0.05, 0) is 54.5 Å². The van der Waals surface area contributed by atoms with Gasteiger partial charge in [-0.25, -0.2) is 4.39 Å². The van der Waals surface area contributed by atoms with Crippen molar-refractivity contribution in [1.82, 2.24) is 0 Å². The lowest BCUT2D eigenvalue weighted by molar-refractivity contribution is 0.630. The summed E-state index contributed by atoms with van der Waals surface area (Å²) >= 11 is 10.5. The third-order valence-electron chi connectivity index (χ3n) is 3.80. The van der Waals surface area contributed by atoms with Gasteiger partial charge in [0.05, 0.1) is 10.2 Å². The van der Waals surface area contributed by atoms with Crippen LogP contribution in [0.1, 0.15) is 16.7 Å². The van der Waals surface area contributed by atoms with Crippen molar-refractivity contribution in [2.45, 2.75) is 6.92 Å². The minimum atomic E-state index is -0.575. The fourth-order valence-corrected chi connectivity index (χ4v) is 2.77. The molecule has 0 unspecified atom stereocenters. The van der Waals surface area contributed by atoms with Gasteiger partial charge in [-0.2, -0.15) is 4.99 Å². The molecule has 0 spiro atoms. The van der Waals surface area contributed by atoms with Gasteiger partial charge in [-0.3, -0.25) is 0 Å². The van der Waals surface area contributed by atoms with Gasteiger partial charge in [0.15, 0.2) is 5.82 Å². The molecule has 26 heavy (non-hydrogen) atoms. The number of aliphatic imine (C=N–C) groups is 1. The summed E-state index contributed by atoms with van der Waals surface area (Å²) in [4.78, 5) is 3.62. The Morgan fingerprint density at radius 2 is 1.46 bits per heavy atom. The molecule has 0 N–H and O–H groups in total. The number of aryl methyl sites for hydroxylation is 1. The van der Waals surface area contributed by atoms with E-state index in [-0.39, 0.29) is 10.7 Å². The van der Waals surface area contributed by atoms with E-state index in [0.29, 0.717) is 5.56 Å². The molecule has 126 valence electrons. The standard InChI is InChI=1S/C22H13ClFNS/c1-15-2-8-18(9-3-15)19-10-6-16(7-11-19)4-5-17-12-20(23)22(25-14-26)21(24)13-17/h2-3,6-13H,1H3. The summed E-state index contributed by atoms with van der Waals surface area (Å²) in [5.74, 6) is 5.35. The fraction of sp³-hybridized carbons (Fsp3) is 0.0455. The molecule has 0 atom stereocenters. The zero-order chi connectivity index (χ0) is 18.5. The van der Waals surface area contributed by atoms with E-state index in [1.54, 1.807) is 6.07 Å². The van der Waals surface area contributed by atoms with Crippen LogP contribution < -0.4 is 0 Å². The SMILES string of the molecule is Cc1ccc(-c2ccc(C#Cc3cc(F)c(N=C=S)c(Cl)c3)cc2)cc1. The van der Waals surface area contributed by atoms with E-state index in [1.807, 2.05) is 24.3 Å². The van der Waals surface area contributed by atoms with Crippen LogP contribution in [0.3, 0.4) is 0 Å². The van der Waals surface area contributed by atoms with Crippen LogP contribution in [0, 0.1) is 24.6 Å². The van der Waals surface area contributed by atoms with Crippen molar-refractivity contribution in [2.24, 2.45) is 4.99 Å². The molecule has 0 aliphatic carbocycles. The molecule has 1 nitrogen and oxygen atoms in total. The summed E-state index contributed by atoms with van der Waals surface area (Å²) in [7, 11) is 0. The van der Waals surface area contributed by atoms with Crippen molar-refractivity contribution in [3.63, 3.8) is 0 Å². The highest BCUT2D eigenvalue weighted by Gasteiger charge is 2.07. The normalized spacial score (nSPS) is 9.81. The van der Waals surface area contributed by atoms with E-state index < -0.39 is 5.82 Å². The molecule has 0 aliphatic heterocycles. The second-order valence-corrected chi connectivity index (χ2v) is 6.27. The van der Waals surface area contributed by atoms with Gasteiger partial charge in [0.2, 0.25) is 0 Å². The summed E-state index contributed by atoms with van der Waals surface area (Å²) in [5, 5.41) is 2.27. The highest BCUT2D eigenvalue weighted by molar-refractivity contribution is 7.78. The molecular weight excluding hydrogens is 365 g/mol. The molecule has 0 bridgehead atoms. The topological polar surface area (TPSA) is 12.4 Å². The molecule has 3 aromatic rings. The summed E-state index contributed by atoms with van der Waals surface area (Å²) in [6, 6.07) is 19.1. The van der Waals surface area contributed by atoms with Gasteiger partial charge in [-0.1, -0.05) is 65.4 Å². The highest BCUT2D eigenvalue weighted by Crippen LogP contribution is 2.29. The molecule has 0 fully saturated rings. The average Bonchev–Trinajstić information content (AvgIpc) is 2.64. The zero-order valence-corrected chi connectivity index (χ0v) is 15.5. The number of hydrogen-bond acceptors (Lipinski definition) is 2. The molecule has 3 aromatic carbocycles. The number of thiocarbonyl (C=S) groups is 1. The number of hydrogen-bond donors (Lipinski definition) is 0. The van der Waals surface area contributed by atoms with Crippen molar-refractivity contribution in [3.05, 3.63) is 88.2 Å². The monoisotopic (exact) mass is 377 g/mol. The Bertz CT molecular complexity index is 1030. The van der Waals surface area contributed by atoms with Crippen LogP contribution in [0.15, 0.2) is 65.7 Å². The highest BCUT2D eigenvalue weighted by atomic mass is 35.5. The van der Waals surface area contributed by atoms with E-state index in [4.69, 9.17) is 11.6 Å². The van der Waals surface area contributed by atoms with Crippen LogP contribution >= 0.6 is 23.8 Å². The molecule has 0 saturated carbocycles. The number of rotatable bonds is 2. The second kappa shape index (κ2) is 8.08. The fourth-order valence-electron chi connectivity index (χ4n) is 2.43. The summed E-state index contributed by atoms with van der Waals surface area (Å²) < 4.78 is 14.0. The molecule has 0 amide bonds. The number of nitrogens with zero attached hydrogens (tertiary/aromatic N) is 1. The van der Waals surface area contributed by atoms with Crippen molar-refractivity contribution in [3.8, 4) is 23.0 Å². The lowest BCUT2D eigenvalue weighted by Crippen LogP contribution is -1.83. The van der Waals surface area contributed by atoms with Gasteiger partial charge in [0.25, 0.3) is 0 Å². The van der Waals surface area contributed by atoms with Crippen molar-refractivity contribution < 1.29 is 4.39 Å². The van der Waals surface area contributed by atoms with Crippen LogP contribution in [-0.4, -0.2) is 5.16 Å². The maximum absolute atomic E-state index is 14.0. The lowest BCUT2D eigenvalue weighted by Gasteiger charge is -2.02. The van der Waals surface area contributed by atoms with Gasteiger partial charge < -0.3 is 0 Å². The van der Waals surface area contributed by atoms with Crippen LogP contribution in [0.5, 0.6) is 0 Å². The van der Waals surface area contributed by atoms with E-state index in [0.717, 1.165) is 16.7 Å². The first-order valence-corrected chi connectivity index (χ1v) is 8.61. The third-order valence-corrected chi connectivity index (χ3v) is 4.17. The molecule has 0 radical (unpaired) electrons. The first kappa shape index (κ1) is 18.0. The second-order valence-electron chi connectivity index (χ2n) is 5.68. The lowest BCUT2D eigenvalue weighted by atomic mass is 10.0. The van der Waals surface area contributed by atoms with Gasteiger partial charge in [0, 0.05) is 11.1 Å². The van der Waals surface area contributed by atoms with E-state index in [2.05, 4.69) is 65.4 Å². The van der Waals surface area contributed by atoms with E-state index >= 15 is 0 Å². The first-order chi connectivity index (χ1) is 12.6. The number of halogens is 2. The van der Waals surface area contributed by atoms with Gasteiger partial charge >= 0.3 is 0 Å². The van der Waals surface area contributed by atoms with E-state index in [1.165, 1.54) is 11.6 Å². The Morgan fingerprint density at radius 1 is 0.885 bits per heavy atom. The van der Waals surface area contributed by atoms with Crippen molar-refractivity contribution >= 4 is 34.7 Å². The van der Waals surface area contributed by atoms with Crippen molar-refractivity contribution in [1.29, 1.82) is 0 Å². The Labute approximate surface area is 162 Å². The third kappa shape index (κ3) is 4.25. The summed E-state index contributed by atoms with van der Waals surface area (Å²) in [5.41, 5.74) is 4.78. The minimum absolute atomic E-state index is 0.0188. The maximum atomic E-state index is 14.0. The smallest absolute Gasteiger partial charge is 0.152 e. The Balaban J connectivity index is 1.84. The quantitative estimate of drug-likeness (QED) is 0.279. The Kier molecular flexibility index (Phi) is 5.61. The maximum Gasteiger partial charge on any atom is 0.152 e. The van der Waals surface area contributed by atoms with Gasteiger partial charge in [0.1, 0.15) is 5.69 Å². The van der Waals surface area contributed by atoms with Gasteiger partial charge in [-0.15, -0.1) is 0 Å². The molecule has 0 heterocycles. The zero-order valence-electron chi connectivity index (χ0n) is 13.9. The molecule has 3 rings (SSSR count). The number of benzene rings is 3.